The predicted octanol–water partition coefficient (Wildman–Crippen LogP) is 1.16. The van der Waals surface area contributed by atoms with Crippen LogP contribution in [0, 0.1) is 0 Å². The van der Waals surface area contributed by atoms with Gasteiger partial charge in [0, 0.05) is 19.5 Å². The van der Waals surface area contributed by atoms with Crippen molar-refractivity contribution in [3.63, 3.8) is 0 Å². The van der Waals surface area contributed by atoms with Gasteiger partial charge in [0.25, 0.3) is 0 Å². The van der Waals surface area contributed by atoms with E-state index >= 15 is 0 Å². The Hall–Kier alpha value is -1.79. The van der Waals surface area contributed by atoms with E-state index in [1.165, 1.54) is 0 Å². The maximum atomic E-state index is 12.5. The molecule has 0 aromatic carbocycles. The molecule has 0 bridgehead atoms. The summed E-state index contributed by atoms with van der Waals surface area (Å²) in [7, 11) is 0. The van der Waals surface area contributed by atoms with Crippen LogP contribution in [0.25, 0.3) is 0 Å². The topological polar surface area (TPSA) is 102 Å². The van der Waals surface area contributed by atoms with Crippen LogP contribution in [0.2, 0.25) is 0 Å². The molecule has 0 spiro atoms. The quantitative estimate of drug-likeness (QED) is 0.795. The monoisotopic (exact) mass is 313 g/mol. The van der Waals surface area contributed by atoms with Gasteiger partial charge in [-0.15, -0.1) is 0 Å². The zero-order chi connectivity index (χ0) is 16.8. The highest BCUT2D eigenvalue weighted by Gasteiger charge is 2.28. The lowest BCUT2D eigenvalue weighted by atomic mass is 10.1. The minimum absolute atomic E-state index is 0.0417. The van der Waals surface area contributed by atoms with E-state index in [1.54, 1.807) is 25.7 Å². The first-order valence-electron chi connectivity index (χ1n) is 7.75. The SMILES string of the molecule is CC(C)(C)OC(=O)N[C@@H](CCC(N)=O)C(=O)N1CCCCC1. The normalized spacial score (nSPS) is 16.8. The molecule has 0 aromatic rings. The zero-order valence-electron chi connectivity index (χ0n) is 13.7. The Labute approximate surface area is 131 Å². The highest BCUT2D eigenvalue weighted by molar-refractivity contribution is 5.86. The Morgan fingerprint density at radius 2 is 1.77 bits per heavy atom. The van der Waals surface area contributed by atoms with Gasteiger partial charge in [-0.3, -0.25) is 9.59 Å². The molecule has 1 aliphatic heterocycles. The molecule has 0 unspecified atom stereocenters. The van der Waals surface area contributed by atoms with Crippen molar-refractivity contribution < 1.29 is 19.1 Å². The van der Waals surface area contributed by atoms with Crippen molar-refractivity contribution >= 4 is 17.9 Å². The lowest BCUT2D eigenvalue weighted by molar-refractivity contribution is -0.134. The first-order chi connectivity index (χ1) is 10.2. The van der Waals surface area contributed by atoms with Crippen LogP contribution in [0.15, 0.2) is 0 Å². The lowest BCUT2D eigenvalue weighted by Crippen LogP contribution is -2.51. The molecule has 0 saturated carbocycles. The van der Waals surface area contributed by atoms with Crippen molar-refractivity contribution in [1.82, 2.24) is 10.2 Å². The molecular formula is C15H27N3O4. The highest BCUT2D eigenvalue weighted by atomic mass is 16.6. The molecule has 1 atom stereocenters. The van der Waals surface area contributed by atoms with Crippen molar-refractivity contribution in [2.75, 3.05) is 13.1 Å². The molecular weight excluding hydrogens is 286 g/mol. The molecule has 126 valence electrons. The molecule has 1 heterocycles. The lowest BCUT2D eigenvalue weighted by Gasteiger charge is -2.31. The van der Waals surface area contributed by atoms with E-state index in [0.29, 0.717) is 13.1 Å². The number of nitrogens with one attached hydrogen (secondary N) is 1. The average molecular weight is 313 g/mol. The number of carbonyl (C=O) groups excluding carboxylic acids is 3. The third-order valence-electron chi connectivity index (χ3n) is 3.34. The van der Waals surface area contributed by atoms with Gasteiger partial charge in [-0.2, -0.15) is 0 Å². The Kier molecular flexibility index (Phi) is 6.64. The van der Waals surface area contributed by atoms with Gasteiger partial charge in [0.1, 0.15) is 11.6 Å². The first kappa shape index (κ1) is 18.3. The second kappa shape index (κ2) is 8.00. The van der Waals surface area contributed by atoms with Crippen LogP contribution in [0.5, 0.6) is 0 Å². The number of ether oxygens (including phenoxy) is 1. The molecule has 7 nitrogen and oxygen atoms in total. The van der Waals surface area contributed by atoms with Gasteiger partial charge >= 0.3 is 6.09 Å². The molecule has 0 aliphatic carbocycles. The summed E-state index contributed by atoms with van der Waals surface area (Å²) in [6.45, 7) is 6.61. The number of hydrogen-bond donors (Lipinski definition) is 2. The standard InChI is InChI=1S/C15H27N3O4/c1-15(2,3)22-14(21)17-11(7-8-12(16)19)13(20)18-9-5-4-6-10-18/h11H,4-10H2,1-3H3,(H2,16,19)(H,17,21)/t11-/m0/s1. The molecule has 1 rings (SSSR count). The van der Waals surface area contributed by atoms with Crippen LogP contribution >= 0.6 is 0 Å². The summed E-state index contributed by atoms with van der Waals surface area (Å²) in [5.41, 5.74) is 4.50. The van der Waals surface area contributed by atoms with Gasteiger partial charge in [0.2, 0.25) is 11.8 Å². The van der Waals surface area contributed by atoms with E-state index in [1.807, 2.05) is 0 Å². The van der Waals surface area contributed by atoms with Crippen LogP contribution in [-0.2, 0) is 14.3 Å². The van der Waals surface area contributed by atoms with Gasteiger partial charge in [-0.1, -0.05) is 0 Å². The third kappa shape index (κ3) is 6.78. The Morgan fingerprint density at radius 1 is 1.18 bits per heavy atom. The van der Waals surface area contributed by atoms with E-state index in [4.69, 9.17) is 10.5 Å². The Morgan fingerprint density at radius 3 is 2.27 bits per heavy atom. The van der Waals surface area contributed by atoms with Gasteiger partial charge in [0.05, 0.1) is 0 Å². The number of carbonyl (C=O) groups is 3. The molecule has 0 aromatic heterocycles. The number of likely N-dealkylation sites (tertiary alicyclic amines) is 1. The zero-order valence-corrected chi connectivity index (χ0v) is 13.7. The molecule has 22 heavy (non-hydrogen) atoms. The third-order valence-corrected chi connectivity index (χ3v) is 3.34. The molecule has 1 aliphatic rings. The highest BCUT2D eigenvalue weighted by Crippen LogP contribution is 2.13. The van der Waals surface area contributed by atoms with Crippen molar-refractivity contribution in [3.8, 4) is 0 Å². The van der Waals surface area contributed by atoms with E-state index in [-0.39, 0.29) is 18.7 Å². The molecule has 0 radical (unpaired) electrons. The first-order valence-corrected chi connectivity index (χ1v) is 7.75. The van der Waals surface area contributed by atoms with Crippen LogP contribution < -0.4 is 11.1 Å². The summed E-state index contributed by atoms with van der Waals surface area (Å²) < 4.78 is 5.18. The van der Waals surface area contributed by atoms with Crippen molar-refractivity contribution in [2.24, 2.45) is 5.73 Å². The number of alkyl carbamates (subject to hydrolysis) is 1. The van der Waals surface area contributed by atoms with E-state index in [9.17, 15) is 14.4 Å². The van der Waals surface area contributed by atoms with E-state index in [0.717, 1.165) is 19.3 Å². The second-order valence-corrected chi connectivity index (χ2v) is 6.59. The summed E-state index contributed by atoms with van der Waals surface area (Å²) in [6, 6.07) is -0.777. The van der Waals surface area contributed by atoms with Crippen molar-refractivity contribution in [3.05, 3.63) is 0 Å². The summed E-state index contributed by atoms with van der Waals surface area (Å²) in [5.74, 6) is -0.672. The smallest absolute Gasteiger partial charge is 0.408 e. The number of amides is 3. The number of nitrogens with two attached hydrogens (primary N) is 1. The summed E-state index contributed by atoms with van der Waals surface area (Å²) >= 11 is 0. The minimum Gasteiger partial charge on any atom is -0.444 e. The van der Waals surface area contributed by atoms with Crippen LogP contribution in [-0.4, -0.2) is 47.5 Å². The van der Waals surface area contributed by atoms with Gasteiger partial charge in [-0.25, -0.2) is 4.79 Å². The fourth-order valence-electron chi connectivity index (χ4n) is 2.33. The van der Waals surface area contributed by atoms with Crippen molar-refractivity contribution in [1.29, 1.82) is 0 Å². The van der Waals surface area contributed by atoms with Gasteiger partial charge in [0.15, 0.2) is 0 Å². The van der Waals surface area contributed by atoms with Crippen LogP contribution in [0.1, 0.15) is 52.9 Å². The summed E-state index contributed by atoms with van der Waals surface area (Å²) in [6.07, 6.45) is 2.59. The molecule has 1 fully saturated rings. The number of rotatable bonds is 5. The molecule has 7 heteroatoms. The number of primary amides is 1. The van der Waals surface area contributed by atoms with Gasteiger partial charge in [-0.05, 0) is 46.5 Å². The second-order valence-electron chi connectivity index (χ2n) is 6.59. The minimum atomic E-state index is -0.777. The van der Waals surface area contributed by atoms with Crippen LogP contribution in [0.3, 0.4) is 0 Å². The number of nitrogens with zero attached hydrogens (tertiary/aromatic N) is 1. The van der Waals surface area contributed by atoms with E-state index in [2.05, 4.69) is 5.32 Å². The predicted molar refractivity (Wildman–Crippen MR) is 82.0 cm³/mol. The van der Waals surface area contributed by atoms with Crippen LogP contribution in [0.4, 0.5) is 4.79 Å². The number of piperidine rings is 1. The van der Waals surface area contributed by atoms with E-state index < -0.39 is 23.6 Å². The Balaban J connectivity index is 2.67. The fraction of sp³-hybridized carbons (Fsp3) is 0.800. The largest absolute Gasteiger partial charge is 0.444 e. The fourth-order valence-corrected chi connectivity index (χ4v) is 2.33. The maximum absolute atomic E-state index is 12.5. The number of hydrogen-bond acceptors (Lipinski definition) is 4. The molecule has 3 N–H and O–H groups in total. The molecule has 1 saturated heterocycles. The average Bonchev–Trinajstić information content (AvgIpc) is 2.41. The Bertz CT molecular complexity index is 412. The summed E-state index contributed by atoms with van der Waals surface area (Å²) in [5, 5.41) is 2.57. The van der Waals surface area contributed by atoms with Gasteiger partial charge < -0.3 is 20.7 Å². The summed E-state index contributed by atoms with van der Waals surface area (Å²) in [4.78, 5) is 37.1. The van der Waals surface area contributed by atoms with Crippen molar-refractivity contribution in [2.45, 2.75) is 64.5 Å². The maximum Gasteiger partial charge on any atom is 0.408 e. The molecule has 3 amide bonds.